The molecular formula is C21H31FO5Si. The van der Waals surface area contributed by atoms with Gasteiger partial charge in [-0.25, -0.2) is 4.39 Å². The largest absolute Gasteiger partial charge is 0.468 e. The average molecular weight is 411 g/mol. The van der Waals surface area contributed by atoms with Crippen molar-refractivity contribution in [2.75, 3.05) is 14.2 Å². The van der Waals surface area contributed by atoms with Gasteiger partial charge in [-0.2, -0.15) is 0 Å². The zero-order chi connectivity index (χ0) is 21.5. The van der Waals surface area contributed by atoms with Gasteiger partial charge in [-0.3, -0.25) is 9.59 Å². The number of halogens is 1. The van der Waals surface area contributed by atoms with Gasteiger partial charge in [-0.15, -0.1) is 0 Å². The third-order valence-corrected chi connectivity index (χ3v) is 9.02. The lowest BCUT2D eigenvalue weighted by Crippen LogP contribution is -2.38. The molecule has 1 rings (SSSR count). The number of benzene rings is 1. The SMILES string of the molecule is COC(=O)C(C/C=C(/CCC(C)(C)[Si](C)(C)O)c1ccc(F)cc1)C(=O)OC. The smallest absolute Gasteiger partial charge is 0.320 e. The van der Waals surface area contributed by atoms with E-state index in [1.165, 1.54) is 26.4 Å². The zero-order valence-electron chi connectivity index (χ0n) is 17.5. The van der Waals surface area contributed by atoms with Crippen LogP contribution in [0.2, 0.25) is 18.1 Å². The number of methoxy groups -OCH3 is 2. The van der Waals surface area contributed by atoms with E-state index in [2.05, 4.69) is 0 Å². The van der Waals surface area contributed by atoms with E-state index in [4.69, 9.17) is 9.47 Å². The Morgan fingerprint density at radius 2 is 1.64 bits per heavy atom. The molecule has 0 aliphatic rings. The number of allylic oxidation sites excluding steroid dienone is 2. The number of hydrogen-bond donors (Lipinski definition) is 1. The van der Waals surface area contributed by atoms with Gasteiger partial charge in [-0.05, 0) is 60.7 Å². The summed E-state index contributed by atoms with van der Waals surface area (Å²) >= 11 is 0. The minimum Gasteiger partial charge on any atom is -0.468 e. The lowest BCUT2D eigenvalue weighted by molar-refractivity contribution is -0.158. The van der Waals surface area contributed by atoms with Crippen molar-refractivity contribution in [2.24, 2.45) is 5.92 Å². The molecule has 0 radical (unpaired) electrons. The van der Waals surface area contributed by atoms with Crippen LogP contribution in [0.5, 0.6) is 0 Å². The third-order valence-electron chi connectivity index (χ3n) is 5.46. The Balaban J connectivity index is 3.15. The molecule has 0 aliphatic heterocycles. The second kappa shape index (κ2) is 9.98. The minimum atomic E-state index is -2.39. The summed E-state index contributed by atoms with van der Waals surface area (Å²) in [6.07, 6.45) is 3.25. The van der Waals surface area contributed by atoms with Crippen molar-refractivity contribution in [1.29, 1.82) is 0 Å². The van der Waals surface area contributed by atoms with E-state index in [0.717, 1.165) is 11.1 Å². The molecule has 0 bridgehead atoms. The van der Waals surface area contributed by atoms with Gasteiger partial charge in [-0.1, -0.05) is 32.1 Å². The van der Waals surface area contributed by atoms with Crippen molar-refractivity contribution in [3.63, 3.8) is 0 Å². The molecule has 0 aromatic heterocycles. The fraction of sp³-hybridized carbons (Fsp3) is 0.524. The molecule has 156 valence electrons. The molecule has 0 spiro atoms. The summed E-state index contributed by atoms with van der Waals surface area (Å²) in [5, 5.41) is -0.240. The maximum absolute atomic E-state index is 13.3. The van der Waals surface area contributed by atoms with Crippen LogP contribution < -0.4 is 0 Å². The van der Waals surface area contributed by atoms with E-state index in [0.29, 0.717) is 12.8 Å². The molecule has 0 saturated heterocycles. The van der Waals surface area contributed by atoms with Gasteiger partial charge >= 0.3 is 11.9 Å². The second-order valence-corrected chi connectivity index (χ2v) is 12.5. The van der Waals surface area contributed by atoms with Crippen molar-refractivity contribution in [3.05, 3.63) is 41.7 Å². The maximum Gasteiger partial charge on any atom is 0.320 e. The first-order chi connectivity index (χ1) is 12.9. The lowest BCUT2D eigenvalue weighted by atomic mass is 9.93. The molecule has 0 amide bonds. The number of carbonyl (C=O) groups is 2. The summed E-state index contributed by atoms with van der Waals surface area (Å²) in [5.74, 6) is -2.71. The van der Waals surface area contributed by atoms with Crippen molar-refractivity contribution < 1.29 is 28.2 Å². The molecule has 0 saturated carbocycles. The van der Waals surface area contributed by atoms with Crippen molar-refractivity contribution in [2.45, 2.75) is 51.2 Å². The van der Waals surface area contributed by atoms with Gasteiger partial charge in [0.2, 0.25) is 0 Å². The number of rotatable bonds is 9. The van der Waals surface area contributed by atoms with E-state index < -0.39 is 26.2 Å². The summed E-state index contributed by atoms with van der Waals surface area (Å²) in [6, 6.07) is 6.08. The van der Waals surface area contributed by atoms with Gasteiger partial charge in [0.25, 0.3) is 0 Å². The highest BCUT2D eigenvalue weighted by Crippen LogP contribution is 2.42. The predicted octanol–water partition coefficient (Wildman–Crippen LogP) is 4.32. The summed E-state index contributed by atoms with van der Waals surface area (Å²) in [5.41, 5.74) is 1.69. The summed E-state index contributed by atoms with van der Waals surface area (Å²) in [6.45, 7) is 7.87. The van der Waals surface area contributed by atoms with Crippen LogP contribution in [0.4, 0.5) is 4.39 Å². The number of hydrogen-bond acceptors (Lipinski definition) is 5. The molecule has 7 heteroatoms. The Bertz CT molecular complexity index is 689. The van der Waals surface area contributed by atoms with Crippen LogP contribution in [-0.4, -0.2) is 39.3 Å². The molecule has 0 aliphatic carbocycles. The van der Waals surface area contributed by atoms with Gasteiger partial charge in [0.15, 0.2) is 14.2 Å². The second-order valence-electron chi connectivity index (χ2n) is 8.01. The molecule has 5 nitrogen and oxygen atoms in total. The minimum absolute atomic E-state index is 0.117. The molecule has 1 N–H and O–H groups in total. The number of esters is 2. The molecule has 0 unspecified atom stereocenters. The van der Waals surface area contributed by atoms with Crippen LogP contribution in [-0.2, 0) is 19.1 Å². The highest BCUT2D eigenvalue weighted by Gasteiger charge is 2.37. The van der Waals surface area contributed by atoms with E-state index in [1.54, 1.807) is 18.2 Å². The summed E-state index contributed by atoms with van der Waals surface area (Å²) in [7, 11) is 0.0540. The molecule has 28 heavy (non-hydrogen) atoms. The first-order valence-corrected chi connectivity index (χ1v) is 12.2. The predicted molar refractivity (Wildman–Crippen MR) is 109 cm³/mol. The van der Waals surface area contributed by atoms with Crippen molar-refractivity contribution in [1.82, 2.24) is 0 Å². The summed E-state index contributed by atoms with van der Waals surface area (Å²) < 4.78 is 22.7. The molecule has 0 atom stereocenters. The number of carbonyl (C=O) groups excluding carboxylic acids is 2. The zero-order valence-corrected chi connectivity index (χ0v) is 18.5. The van der Waals surface area contributed by atoms with Crippen molar-refractivity contribution in [3.8, 4) is 0 Å². The number of ether oxygens (including phenoxy) is 2. The Morgan fingerprint density at radius 1 is 1.14 bits per heavy atom. The fourth-order valence-corrected chi connectivity index (χ4v) is 3.35. The topological polar surface area (TPSA) is 72.8 Å². The monoisotopic (exact) mass is 410 g/mol. The van der Waals surface area contributed by atoms with Crippen LogP contribution in [0.1, 0.15) is 38.7 Å². The highest BCUT2D eigenvalue weighted by molar-refractivity contribution is 6.72. The van der Waals surface area contributed by atoms with Crippen molar-refractivity contribution >= 4 is 25.8 Å². The Morgan fingerprint density at radius 3 is 2.07 bits per heavy atom. The Hall–Kier alpha value is -1.99. The fourth-order valence-electron chi connectivity index (χ4n) is 2.61. The first kappa shape index (κ1) is 24.0. The van der Waals surface area contributed by atoms with E-state index in [9.17, 15) is 18.8 Å². The highest BCUT2D eigenvalue weighted by atomic mass is 28.4. The standard InChI is InChI=1S/C21H31FO5Si/c1-21(2,28(5,6)25)14-13-16(15-7-10-17(22)11-8-15)9-12-18(19(23)26-3)20(24)27-4/h7-11,18,25H,12-14H2,1-6H3/b16-9-. The van der Waals surface area contributed by atoms with E-state index in [1.807, 2.05) is 26.9 Å². The van der Waals surface area contributed by atoms with Gasteiger partial charge in [0, 0.05) is 0 Å². The lowest BCUT2D eigenvalue weighted by Gasteiger charge is -2.35. The Kier molecular flexibility index (Phi) is 8.57. The molecule has 1 aromatic carbocycles. The van der Waals surface area contributed by atoms with E-state index in [-0.39, 0.29) is 17.3 Å². The maximum atomic E-state index is 13.3. The molecule has 0 heterocycles. The molecule has 1 aromatic rings. The Labute approximate surface area is 167 Å². The van der Waals surface area contributed by atoms with Gasteiger partial charge in [0.05, 0.1) is 14.2 Å². The van der Waals surface area contributed by atoms with Crippen LogP contribution in [0.3, 0.4) is 0 Å². The normalized spacial score (nSPS) is 12.8. The van der Waals surface area contributed by atoms with Crippen LogP contribution in [0, 0.1) is 11.7 Å². The molecule has 0 fully saturated rings. The summed E-state index contributed by atoms with van der Waals surface area (Å²) in [4.78, 5) is 34.4. The molecular weight excluding hydrogens is 379 g/mol. The third kappa shape index (κ3) is 6.56. The van der Waals surface area contributed by atoms with Crippen LogP contribution in [0.15, 0.2) is 30.3 Å². The van der Waals surface area contributed by atoms with Gasteiger partial charge in [0.1, 0.15) is 5.82 Å². The first-order valence-electron chi connectivity index (χ1n) is 9.26. The van der Waals surface area contributed by atoms with E-state index >= 15 is 0 Å². The quantitative estimate of drug-likeness (QED) is 0.373. The van der Waals surface area contributed by atoms with Crippen LogP contribution >= 0.6 is 0 Å². The average Bonchev–Trinajstić information content (AvgIpc) is 2.63. The van der Waals surface area contributed by atoms with Gasteiger partial charge < -0.3 is 14.3 Å². The van der Waals surface area contributed by atoms with Crippen LogP contribution in [0.25, 0.3) is 5.57 Å².